The lowest BCUT2D eigenvalue weighted by molar-refractivity contribution is 0.318. The molecule has 0 unspecified atom stereocenters. The largest absolute Gasteiger partial charge is 0.493 e. The number of aryl methyl sites for hydroxylation is 1. The van der Waals surface area contributed by atoms with Crippen molar-refractivity contribution in [2.45, 2.75) is 13.3 Å². The van der Waals surface area contributed by atoms with Crippen molar-refractivity contribution < 1.29 is 4.74 Å². The van der Waals surface area contributed by atoms with Crippen LogP contribution in [-0.2, 0) is 7.05 Å². The van der Waals surface area contributed by atoms with Crippen molar-refractivity contribution in [3.63, 3.8) is 0 Å². The Hall–Kier alpha value is -2.81. The van der Waals surface area contributed by atoms with Crippen LogP contribution in [0.5, 0.6) is 5.75 Å². The number of aromatic nitrogens is 1. The average molecular weight is 319 g/mol. The summed E-state index contributed by atoms with van der Waals surface area (Å²) in [5.41, 5.74) is 3.13. The van der Waals surface area contributed by atoms with Gasteiger partial charge in [0.25, 0.3) is 0 Å². The summed E-state index contributed by atoms with van der Waals surface area (Å²) in [6.45, 7) is 2.70. The number of rotatable bonds is 5. The Balaban J connectivity index is 2.17. The van der Waals surface area contributed by atoms with Crippen LogP contribution in [0.25, 0.3) is 22.3 Å². The standard InChI is InChI=1S/C21H21NO2/c1-3-13-24-20-12-8-7-11-17(20)19-15-22(2)14-18(21(19)23)16-9-5-4-6-10-16/h4-12,14-15H,3,13H2,1-2H3. The molecular weight excluding hydrogens is 298 g/mol. The molecule has 1 heterocycles. The SMILES string of the molecule is CCCOc1ccccc1-c1cn(C)cc(-c2ccccc2)c1=O. The molecule has 24 heavy (non-hydrogen) atoms. The second kappa shape index (κ2) is 7.18. The minimum absolute atomic E-state index is 0.0202. The number of pyridine rings is 1. The summed E-state index contributed by atoms with van der Waals surface area (Å²) >= 11 is 0. The predicted octanol–water partition coefficient (Wildman–Crippen LogP) is 4.51. The van der Waals surface area contributed by atoms with Gasteiger partial charge in [0.05, 0.1) is 6.61 Å². The minimum Gasteiger partial charge on any atom is -0.493 e. The molecule has 0 radical (unpaired) electrons. The fourth-order valence-corrected chi connectivity index (χ4v) is 2.75. The van der Waals surface area contributed by atoms with Crippen LogP contribution in [0.2, 0.25) is 0 Å². The van der Waals surface area contributed by atoms with Crippen molar-refractivity contribution in [1.29, 1.82) is 0 Å². The molecule has 0 amide bonds. The van der Waals surface area contributed by atoms with Crippen LogP contribution < -0.4 is 10.2 Å². The number of ether oxygens (including phenoxy) is 1. The third kappa shape index (κ3) is 3.25. The lowest BCUT2D eigenvalue weighted by atomic mass is 10.0. The molecule has 3 rings (SSSR count). The number of hydrogen-bond acceptors (Lipinski definition) is 2. The highest BCUT2D eigenvalue weighted by atomic mass is 16.5. The molecule has 3 aromatic rings. The number of nitrogens with zero attached hydrogens (tertiary/aromatic N) is 1. The van der Waals surface area contributed by atoms with Crippen molar-refractivity contribution in [2.24, 2.45) is 7.05 Å². The first-order chi connectivity index (χ1) is 11.7. The summed E-state index contributed by atoms with van der Waals surface area (Å²) in [6, 6.07) is 17.5. The van der Waals surface area contributed by atoms with E-state index in [4.69, 9.17) is 4.74 Å². The molecule has 0 aliphatic carbocycles. The maximum absolute atomic E-state index is 13.1. The van der Waals surface area contributed by atoms with Gasteiger partial charge in [0, 0.05) is 36.1 Å². The Kier molecular flexibility index (Phi) is 4.80. The second-order valence-corrected chi connectivity index (χ2v) is 5.79. The Bertz CT molecular complexity index is 882. The van der Waals surface area contributed by atoms with Crippen LogP contribution in [0, 0.1) is 0 Å². The summed E-state index contributed by atoms with van der Waals surface area (Å²) < 4.78 is 7.76. The fourth-order valence-electron chi connectivity index (χ4n) is 2.75. The maximum atomic E-state index is 13.1. The van der Waals surface area contributed by atoms with Crippen LogP contribution in [0.4, 0.5) is 0 Å². The number of hydrogen-bond donors (Lipinski definition) is 0. The first-order valence-electron chi connectivity index (χ1n) is 8.18. The lowest BCUT2D eigenvalue weighted by Gasteiger charge is -2.13. The van der Waals surface area contributed by atoms with Crippen molar-refractivity contribution in [2.75, 3.05) is 6.61 Å². The van der Waals surface area contributed by atoms with Gasteiger partial charge in [-0.05, 0) is 18.1 Å². The molecular formula is C21H21NO2. The summed E-state index contributed by atoms with van der Waals surface area (Å²) in [6.07, 6.45) is 4.66. The van der Waals surface area contributed by atoms with Crippen LogP contribution >= 0.6 is 0 Å². The van der Waals surface area contributed by atoms with Gasteiger partial charge in [0.15, 0.2) is 5.43 Å². The van der Waals surface area contributed by atoms with Crippen molar-refractivity contribution in [3.8, 4) is 28.0 Å². The molecule has 0 atom stereocenters. The molecule has 0 aliphatic rings. The van der Waals surface area contributed by atoms with E-state index >= 15 is 0 Å². The molecule has 3 nitrogen and oxygen atoms in total. The van der Waals surface area contributed by atoms with Crippen molar-refractivity contribution >= 4 is 0 Å². The van der Waals surface area contributed by atoms with E-state index in [1.54, 1.807) is 0 Å². The van der Waals surface area contributed by atoms with Crippen LogP contribution in [0.1, 0.15) is 13.3 Å². The van der Waals surface area contributed by atoms with Crippen molar-refractivity contribution in [3.05, 3.63) is 77.2 Å². The van der Waals surface area contributed by atoms with E-state index in [-0.39, 0.29) is 5.43 Å². The first kappa shape index (κ1) is 16.1. The van der Waals surface area contributed by atoms with E-state index < -0.39 is 0 Å². The smallest absolute Gasteiger partial charge is 0.197 e. The van der Waals surface area contributed by atoms with Gasteiger partial charge < -0.3 is 9.30 Å². The molecule has 0 fully saturated rings. The predicted molar refractivity (Wildman–Crippen MR) is 98.3 cm³/mol. The molecule has 0 saturated heterocycles. The molecule has 3 heteroatoms. The quantitative estimate of drug-likeness (QED) is 0.693. The Morgan fingerprint density at radius 1 is 0.875 bits per heavy atom. The highest BCUT2D eigenvalue weighted by Gasteiger charge is 2.14. The highest BCUT2D eigenvalue weighted by Crippen LogP contribution is 2.29. The lowest BCUT2D eigenvalue weighted by Crippen LogP contribution is -2.12. The molecule has 0 N–H and O–H groups in total. The third-order valence-corrected chi connectivity index (χ3v) is 3.88. The molecule has 2 aromatic carbocycles. The van der Waals surface area contributed by atoms with Gasteiger partial charge in [-0.2, -0.15) is 0 Å². The topological polar surface area (TPSA) is 31.2 Å². The Morgan fingerprint density at radius 3 is 2.29 bits per heavy atom. The van der Waals surface area contributed by atoms with Crippen molar-refractivity contribution in [1.82, 2.24) is 4.57 Å². The van der Waals surface area contributed by atoms with Gasteiger partial charge in [-0.1, -0.05) is 55.5 Å². The van der Waals surface area contributed by atoms with E-state index in [2.05, 4.69) is 6.92 Å². The van der Waals surface area contributed by atoms with Gasteiger partial charge in [-0.15, -0.1) is 0 Å². The Morgan fingerprint density at radius 2 is 1.54 bits per heavy atom. The zero-order chi connectivity index (χ0) is 16.9. The zero-order valence-electron chi connectivity index (χ0n) is 14.0. The molecule has 0 bridgehead atoms. The number of benzene rings is 2. The van der Waals surface area contributed by atoms with E-state index in [1.165, 1.54) is 0 Å². The van der Waals surface area contributed by atoms with Gasteiger partial charge in [-0.25, -0.2) is 0 Å². The zero-order valence-corrected chi connectivity index (χ0v) is 14.0. The van der Waals surface area contributed by atoms with E-state index in [0.717, 1.165) is 23.3 Å². The monoisotopic (exact) mass is 319 g/mol. The molecule has 0 spiro atoms. The summed E-state index contributed by atoms with van der Waals surface area (Å²) in [4.78, 5) is 13.1. The van der Waals surface area contributed by atoms with E-state index in [1.807, 2.05) is 78.6 Å². The normalized spacial score (nSPS) is 10.6. The van der Waals surface area contributed by atoms with E-state index in [9.17, 15) is 4.79 Å². The van der Waals surface area contributed by atoms with Crippen LogP contribution in [0.15, 0.2) is 71.8 Å². The first-order valence-corrected chi connectivity index (χ1v) is 8.18. The Labute approximate surface area is 142 Å². The van der Waals surface area contributed by atoms with Gasteiger partial charge >= 0.3 is 0 Å². The summed E-state index contributed by atoms with van der Waals surface area (Å²) in [5.74, 6) is 0.752. The highest BCUT2D eigenvalue weighted by molar-refractivity contribution is 5.75. The molecule has 0 saturated carbocycles. The molecule has 0 aliphatic heterocycles. The van der Waals surface area contributed by atoms with E-state index in [0.29, 0.717) is 17.7 Å². The maximum Gasteiger partial charge on any atom is 0.197 e. The average Bonchev–Trinajstić information content (AvgIpc) is 2.62. The van der Waals surface area contributed by atoms with Gasteiger partial charge in [-0.3, -0.25) is 4.79 Å². The number of para-hydroxylation sites is 1. The minimum atomic E-state index is 0.0202. The molecule has 122 valence electrons. The molecule has 1 aromatic heterocycles. The third-order valence-electron chi connectivity index (χ3n) is 3.88. The van der Waals surface area contributed by atoms with Gasteiger partial charge in [0.1, 0.15) is 5.75 Å². The van der Waals surface area contributed by atoms with Crippen LogP contribution in [0.3, 0.4) is 0 Å². The summed E-state index contributed by atoms with van der Waals surface area (Å²) in [7, 11) is 1.94. The van der Waals surface area contributed by atoms with Gasteiger partial charge in [0.2, 0.25) is 0 Å². The summed E-state index contributed by atoms with van der Waals surface area (Å²) in [5, 5.41) is 0. The second-order valence-electron chi connectivity index (χ2n) is 5.79. The van der Waals surface area contributed by atoms with Crippen LogP contribution in [-0.4, -0.2) is 11.2 Å². The fraction of sp³-hybridized carbons (Fsp3) is 0.190.